The van der Waals surface area contributed by atoms with Gasteiger partial charge in [-0.15, -0.1) is 6.58 Å². The second kappa shape index (κ2) is 6.34. The smallest absolute Gasteiger partial charge is 0.252 e. The van der Waals surface area contributed by atoms with Gasteiger partial charge in [0.2, 0.25) is 0 Å². The van der Waals surface area contributed by atoms with Crippen LogP contribution in [0.25, 0.3) is 11.1 Å². The van der Waals surface area contributed by atoms with Gasteiger partial charge in [0.25, 0.3) is 5.91 Å². The third-order valence-electron chi connectivity index (χ3n) is 2.74. The molecule has 0 fully saturated rings. The van der Waals surface area contributed by atoms with E-state index < -0.39 is 0 Å². The van der Waals surface area contributed by atoms with E-state index in [9.17, 15) is 4.79 Å². The minimum absolute atomic E-state index is 0.0914. The van der Waals surface area contributed by atoms with E-state index in [-0.39, 0.29) is 5.91 Å². The summed E-state index contributed by atoms with van der Waals surface area (Å²) in [4.78, 5) is 12.1. The Balaban J connectivity index is 2.44. The van der Waals surface area contributed by atoms with Gasteiger partial charge in [0.1, 0.15) is 0 Å². The predicted molar refractivity (Wildman–Crippen MR) is 82.1 cm³/mol. The zero-order chi connectivity index (χ0) is 13.7. The lowest BCUT2D eigenvalue weighted by Crippen LogP contribution is -2.23. The molecule has 0 aliphatic carbocycles. The molecule has 3 heteroatoms. The van der Waals surface area contributed by atoms with E-state index in [1.54, 1.807) is 6.08 Å². The minimum Gasteiger partial charge on any atom is -0.349 e. The Morgan fingerprint density at radius 1 is 1.11 bits per heavy atom. The highest BCUT2D eigenvalue weighted by atomic mass is 79.9. The van der Waals surface area contributed by atoms with Gasteiger partial charge in [-0.2, -0.15) is 0 Å². The zero-order valence-electron chi connectivity index (χ0n) is 10.4. The standard InChI is InChI=1S/C16H14BrNO/c1-2-11-18-16(19)14-9-4-3-7-12(14)13-8-5-6-10-15(13)17/h2-10H,1,11H2,(H,18,19). The average Bonchev–Trinajstić information content (AvgIpc) is 2.45. The first kappa shape index (κ1) is 13.6. The molecule has 1 N–H and O–H groups in total. The fourth-order valence-corrected chi connectivity index (χ4v) is 2.35. The average molecular weight is 316 g/mol. The highest BCUT2D eigenvalue weighted by Gasteiger charge is 2.12. The monoisotopic (exact) mass is 315 g/mol. The van der Waals surface area contributed by atoms with Crippen molar-refractivity contribution >= 4 is 21.8 Å². The summed E-state index contributed by atoms with van der Waals surface area (Å²) < 4.78 is 0.971. The van der Waals surface area contributed by atoms with E-state index in [0.29, 0.717) is 12.1 Å². The van der Waals surface area contributed by atoms with Gasteiger partial charge in [-0.25, -0.2) is 0 Å². The number of halogens is 1. The van der Waals surface area contributed by atoms with Crippen LogP contribution in [0, 0.1) is 0 Å². The predicted octanol–water partition coefficient (Wildman–Crippen LogP) is 4.03. The normalized spacial score (nSPS) is 9.95. The quantitative estimate of drug-likeness (QED) is 0.848. The van der Waals surface area contributed by atoms with Crippen molar-refractivity contribution in [3.8, 4) is 11.1 Å². The van der Waals surface area contributed by atoms with Crippen LogP contribution in [0.2, 0.25) is 0 Å². The van der Waals surface area contributed by atoms with Crippen molar-refractivity contribution in [3.63, 3.8) is 0 Å². The van der Waals surface area contributed by atoms with E-state index in [0.717, 1.165) is 15.6 Å². The Morgan fingerprint density at radius 3 is 2.42 bits per heavy atom. The van der Waals surface area contributed by atoms with E-state index >= 15 is 0 Å². The van der Waals surface area contributed by atoms with E-state index in [2.05, 4.69) is 27.8 Å². The van der Waals surface area contributed by atoms with Gasteiger partial charge in [-0.1, -0.05) is 58.4 Å². The molecular weight excluding hydrogens is 302 g/mol. The molecule has 0 unspecified atom stereocenters. The van der Waals surface area contributed by atoms with Gasteiger partial charge in [-0.05, 0) is 23.3 Å². The highest BCUT2D eigenvalue weighted by Crippen LogP contribution is 2.30. The molecule has 2 aromatic carbocycles. The van der Waals surface area contributed by atoms with Crippen molar-refractivity contribution in [2.45, 2.75) is 0 Å². The summed E-state index contributed by atoms with van der Waals surface area (Å²) in [5, 5.41) is 2.81. The summed E-state index contributed by atoms with van der Waals surface area (Å²) in [5.41, 5.74) is 2.58. The fourth-order valence-electron chi connectivity index (χ4n) is 1.86. The SMILES string of the molecule is C=CCNC(=O)c1ccccc1-c1ccccc1Br. The largest absolute Gasteiger partial charge is 0.349 e. The Hall–Kier alpha value is -1.87. The summed E-state index contributed by atoms with van der Waals surface area (Å²) in [7, 11) is 0. The maximum Gasteiger partial charge on any atom is 0.252 e. The van der Waals surface area contributed by atoms with Crippen LogP contribution < -0.4 is 5.32 Å². The molecule has 0 heterocycles. The number of nitrogens with one attached hydrogen (secondary N) is 1. The summed E-state index contributed by atoms with van der Waals surface area (Å²) in [5.74, 6) is -0.0914. The first-order chi connectivity index (χ1) is 9.24. The van der Waals surface area contributed by atoms with Crippen molar-refractivity contribution < 1.29 is 4.79 Å². The molecule has 0 aliphatic heterocycles. The highest BCUT2D eigenvalue weighted by molar-refractivity contribution is 9.10. The van der Waals surface area contributed by atoms with Crippen molar-refractivity contribution in [3.05, 3.63) is 71.2 Å². The number of benzene rings is 2. The lowest BCUT2D eigenvalue weighted by molar-refractivity contribution is 0.0958. The van der Waals surface area contributed by atoms with Crippen LogP contribution in [0.5, 0.6) is 0 Å². The molecule has 2 nitrogen and oxygen atoms in total. The van der Waals surface area contributed by atoms with Crippen LogP contribution in [-0.2, 0) is 0 Å². The molecular formula is C16H14BrNO. The summed E-state index contributed by atoms with van der Waals surface area (Å²) in [6.07, 6.45) is 1.67. The number of hydrogen-bond donors (Lipinski definition) is 1. The molecule has 0 spiro atoms. The number of carbonyl (C=O) groups excluding carboxylic acids is 1. The molecule has 0 saturated heterocycles. The number of hydrogen-bond acceptors (Lipinski definition) is 1. The van der Waals surface area contributed by atoms with Crippen molar-refractivity contribution in [1.82, 2.24) is 5.32 Å². The molecule has 96 valence electrons. The maximum absolute atomic E-state index is 12.1. The molecule has 0 aromatic heterocycles. The molecule has 1 amide bonds. The molecule has 0 saturated carbocycles. The van der Waals surface area contributed by atoms with E-state index in [1.807, 2.05) is 48.5 Å². The van der Waals surface area contributed by atoms with E-state index in [1.165, 1.54) is 0 Å². The van der Waals surface area contributed by atoms with Gasteiger partial charge >= 0.3 is 0 Å². The van der Waals surface area contributed by atoms with Crippen molar-refractivity contribution in [2.24, 2.45) is 0 Å². The molecule has 0 radical (unpaired) electrons. The van der Waals surface area contributed by atoms with Gasteiger partial charge < -0.3 is 5.32 Å². The van der Waals surface area contributed by atoms with Crippen LogP contribution in [0.3, 0.4) is 0 Å². The van der Waals surface area contributed by atoms with Crippen LogP contribution >= 0.6 is 15.9 Å². The molecule has 2 rings (SSSR count). The Morgan fingerprint density at radius 2 is 1.74 bits per heavy atom. The van der Waals surface area contributed by atoms with Gasteiger partial charge in [0, 0.05) is 16.6 Å². The van der Waals surface area contributed by atoms with Gasteiger partial charge in [0.15, 0.2) is 0 Å². The first-order valence-corrected chi connectivity index (χ1v) is 6.76. The first-order valence-electron chi connectivity index (χ1n) is 5.97. The molecule has 0 aliphatic rings. The van der Waals surface area contributed by atoms with Crippen LogP contribution in [0.4, 0.5) is 0 Å². The van der Waals surface area contributed by atoms with Crippen molar-refractivity contribution in [1.29, 1.82) is 0 Å². The van der Waals surface area contributed by atoms with Crippen molar-refractivity contribution in [2.75, 3.05) is 6.54 Å². The van der Waals surface area contributed by atoms with Gasteiger partial charge in [-0.3, -0.25) is 4.79 Å². The fraction of sp³-hybridized carbons (Fsp3) is 0.0625. The zero-order valence-corrected chi connectivity index (χ0v) is 12.0. The summed E-state index contributed by atoms with van der Waals surface area (Å²) >= 11 is 3.52. The Kier molecular flexibility index (Phi) is 4.53. The lowest BCUT2D eigenvalue weighted by atomic mass is 9.99. The van der Waals surface area contributed by atoms with Crippen LogP contribution in [0.15, 0.2) is 65.7 Å². The van der Waals surface area contributed by atoms with Crippen LogP contribution in [0.1, 0.15) is 10.4 Å². The Labute approximate surface area is 121 Å². The number of carbonyl (C=O) groups is 1. The second-order valence-electron chi connectivity index (χ2n) is 4.02. The molecule has 2 aromatic rings. The third-order valence-corrected chi connectivity index (χ3v) is 3.43. The molecule has 0 bridgehead atoms. The minimum atomic E-state index is -0.0914. The maximum atomic E-state index is 12.1. The topological polar surface area (TPSA) is 29.1 Å². The molecule has 19 heavy (non-hydrogen) atoms. The summed E-state index contributed by atoms with van der Waals surface area (Å²) in [6, 6.07) is 15.4. The van der Waals surface area contributed by atoms with Crippen LogP contribution in [-0.4, -0.2) is 12.5 Å². The van der Waals surface area contributed by atoms with Gasteiger partial charge in [0.05, 0.1) is 0 Å². The second-order valence-corrected chi connectivity index (χ2v) is 4.88. The molecule has 0 atom stereocenters. The number of rotatable bonds is 4. The number of amides is 1. The van der Waals surface area contributed by atoms with E-state index in [4.69, 9.17) is 0 Å². The Bertz CT molecular complexity index is 607. The summed E-state index contributed by atoms with van der Waals surface area (Å²) in [6.45, 7) is 4.06. The third kappa shape index (κ3) is 3.12. The lowest BCUT2D eigenvalue weighted by Gasteiger charge is -2.10.